The van der Waals surface area contributed by atoms with Crippen LogP contribution in [0.25, 0.3) is 10.9 Å². The molecule has 0 amide bonds. The third kappa shape index (κ3) is 4.02. The summed E-state index contributed by atoms with van der Waals surface area (Å²) in [6.07, 6.45) is -8.00. The van der Waals surface area contributed by atoms with E-state index in [1.165, 1.54) is 0 Å². The van der Waals surface area contributed by atoms with Crippen molar-refractivity contribution in [3.05, 3.63) is 59.3 Å². The number of hydrogen-bond acceptors (Lipinski definition) is 2. The molecule has 1 heterocycles. The summed E-state index contributed by atoms with van der Waals surface area (Å²) in [4.78, 5) is 3.02. The maximum atomic E-state index is 13.2. The van der Waals surface area contributed by atoms with Crippen LogP contribution in [-0.4, -0.2) is 12.0 Å². The number of aromatic nitrogens is 1. The average Bonchev–Trinajstić information content (AvgIpc) is 2.96. The standard InChI is InChI=1S/C18H15F6N3/c1-25-8-10-9-26-16-7-12(3-4-13(10)16)27-15-5-2-11(17(19,20)21)6-14(15)18(22,23)24/h2-7,9,25-27H,8H2,1H3. The number of aromatic amines is 1. The third-order valence-electron chi connectivity index (χ3n) is 4.07. The molecule has 9 heteroatoms. The summed E-state index contributed by atoms with van der Waals surface area (Å²) in [5, 5.41) is 6.48. The van der Waals surface area contributed by atoms with E-state index in [1.807, 2.05) is 0 Å². The summed E-state index contributed by atoms with van der Waals surface area (Å²) in [6.45, 7) is 0.615. The Hall–Kier alpha value is -2.68. The first-order chi connectivity index (χ1) is 12.6. The highest BCUT2D eigenvalue weighted by molar-refractivity contribution is 5.87. The van der Waals surface area contributed by atoms with Crippen LogP contribution in [0.4, 0.5) is 37.7 Å². The van der Waals surface area contributed by atoms with Crippen molar-refractivity contribution < 1.29 is 26.3 Å². The molecule has 0 atom stereocenters. The van der Waals surface area contributed by atoms with Crippen LogP contribution in [0.2, 0.25) is 0 Å². The van der Waals surface area contributed by atoms with E-state index >= 15 is 0 Å². The summed E-state index contributed by atoms with van der Waals surface area (Å²) in [5.41, 5.74) is -1.16. The first-order valence-electron chi connectivity index (χ1n) is 7.89. The molecule has 0 radical (unpaired) electrons. The number of benzene rings is 2. The lowest BCUT2D eigenvalue weighted by atomic mass is 10.1. The largest absolute Gasteiger partial charge is 0.418 e. The fourth-order valence-electron chi connectivity index (χ4n) is 2.82. The molecule has 0 aliphatic rings. The van der Waals surface area contributed by atoms with E-state index in [2.05, 4.69) is 15.6 Å². The van der Waals surface area contributed by atoms with Gasteiger partial charge in [-0.05, 0) is 42.9 Å². The maximum Gasteiger partial charge on any atom is 0.418 e. The average molecular weight is 387 g/mol. The maximum absolute atomic E-state index is 13.2. The molecule has 144 valence electrons. The van der Waals surface area contributed by atoms with Crippen LogP contribution in [-0.2, 0) is 18.9 Å². The van der Waals surface area contributed by atoms with Crippen molar-refractivity contribution in [3.63, 3.8) is 0 Å². The molecule has 3 N–H and O–H groups in total. The topological polar surface area (TPSA) is 39.9 Å². The van der Waals surface area contributed by atoms with E-state index in [4.69, 9.17) is 0 Å². The minimum atomic E-state index is -4.93. The Labute approximate surface area is 150 Å². The molecule has 0 aliphatic heterocycles. The van der Waals surface area contributed by atoms with E-state index < -0.39 is 29.2 Å². The smallest absolute Gasteiger partial charge is 0.361 e. The first kappa shape index (κ1) is 19.1. The minimum Gasteiger partial charge on any atom is -0.361 e. The van der Waals surface area contributed by atoms with Crippen molar-refractivity contribution in [2.24, 2.45) is 0 Å². The normalized spacial score (nSPS) is 12.6. The molecular weight excluding hydrogens is 372 g/mol. The van der Waals surface area contributed by atoms with Crippen molar-refractivity contribution in [1.82, 2.24) is 10.3 Å². The second-order valence-corrected chi connectivity index (χ2v) is 5.99. The van der Waals surface area contributed by atoms with Crippen LogP contribution in [0.5, 0.6) is 0 Å². The highest BCUT2D eigenvalue weighted by Gasteiger charge is 2.38. The molecule has 0 aliphatic carbocycles. The van der Waals surface area contributed by atoms with Gasteiger partial charge in [0.05, 0.1) is 16.8 Å². The van der Waals surface area contributed by atoms with Crippen LogP contribution in [0, 0.1) is 0 Å². The molecule has 0 saturated heterocycles. The van der Waals surface area contributed by atoms with Crippen molar-refractivity contribution in [2.45, 2.75) is 18.9 Å². The number of nitrogens with one attached hydrogen (secondary N) is 3. The summed E-state index contributed by atoms with van der Waals surface area (Å²) < 4.78 is 78.0. The second kappa shape index (κ2) is 6.80. The van der Waals surface area contributed by atoms with Gasteiger partial charge in [-0.1, -0.05) is 6.07 Å². The first-order valence-corrected chi connectivity index (χ1v) is 7.89. The fraction of sp³-hybridized carbons (Fsp3) is 0.222. The monoisotopic (exact) mass is 387 g/mol. The van der Waals surface area contributed by atoms with Gasteiger partial charge in [-0.25, -0.2) is 0 Å². The molecule has 0 bridgehead atoms. The number of halogens is 6. The molecule has 1 aromatic heterocycles. The van der Waals surface area contributed by atoms with Gasteiger partial charge in [-0.15, -0.1) is 0 Å². The second-order valence-electron chi connectivity index (χ2n) is 5.99. The summed E-state index contributed by atoms with van der Waals surface area (Å²) in [6, 6.07) is 6.44. The van der Waals surface area contributed by atoms with Gasteiger partial charge in [0.1, 0.15) is 0 Å². The molecule has 0 unspecified atom stereocenters. The van der Waals surface area contributed by atoms with Gasteiger partial charge < -0.3 is 15.6 Å². The highest BCUT2D eigenvalue weighted by Crippen LogP contribution is 2.40. The zero-order valence-corrected chi connectivity index (χ0v) is 14.0. The van der Waals surface area contributed by atoms with Crippen molar-refractivity contribution in [3.8, 4) is 0 Å². The van der Waals surface area contributed by atoms with Crippen molar-refractivity contribution in [1.29, 1.82) is 0 Å². The zero-order valence-electron chi connectivity index (χ0n) is 14.0. The van der Waals surface area contributed by atoms with Crippen LogP contribution in [0.15, 0.2) is 42.6 Å². The van der Waals surface area contributed by atoms with Gasteiger partial charge in [-0.3, -0.25) is 0 Å². The van der Waals surface area contributed by atoms with E-state index in [9.17, 15) is 26.3 Å². The Balaban J connectivity index is 1.98. The SMILES string of the molecule is CNCc1c[nH]c2cc(Nc3ccc(C(F)(F)F)cc3C(F)(F)F)ccc12. The molecule has 3 aromatic rings. The molecule has 2 aromatic carbocycles. The Kier molecular flexibility index (Phi) is 4.81. The van der Waals surface area contributed by atoms with Crippen LogP contribution in [0.1, 0.15) is 16.7 Å². The van der Waals surface area contributed by atoms with E-state index in [0.717, 1.165) is 17.0 Å². The van der Waals surface area contributed by atoms with Gasteiger partial charge in [0.25, 0.3) is 0 Å². The van der Waals surface area contributed by atoms with Gasteiger partial charge in [0.2, 0.25) is 0 Å². The van der Waals surface area contributed by atoms with E-state index in [-0.39, 0.29) is 6.07 Å². The predicted octanol–water partition coefficient (Wildman–Crippen LogP) is 5.67. The highest BCUT2D eigenvalue weighted by atomic mass is 19.4. The Morgan fingerprint density at radius 1 is 0.926 bits per heavy atom. The molecule has 27 heavy (non-hydrogen) atoms. The number of alkyl halides is 6. The summed E-state index contributed by atoms with van der Waals surface area (Å²) in [5.74, 6) is 0. The van der Waals surface area contributed by atoms with Gasteiger partial charge in [-0.2, -0.15) is 26.3 Å². The van der Waals surface area contributed by atoms with Crippen molar-refractivity contribution >= 4 is 22.3 Å². The van der Waals surface area contributed by atoms with Crippen molar-refractivity contribution in [2.75, 3.05) is 12.4 Å². The molecule has 3 rings (SSSR count). The lowest BCUT2D eigenvalue weighted by Gasteiger charge is -2.17. The molecule has 3 nitrogen and oxygen atoms in total. The number of fused-ring (bicyclic) bond motifs is 1. The van der Waals surface area contributed by atoms with Gasteiger partial charge in [0, 0.05) is 29.3 Å². The third-order valence-corrected chi connectivity index (χ3v) is 4.07. The van der Waals surface area contributed by atoms with E-state index in [1.54, 1.807) is 31.4 Å². The number of rotatable bonds is 4. The quantitative estimate of drug-likeness (QED) is 0.505. The zero-order chi connectivity index (χ0) is 19.8. The van der Waals surface area contributed by atoms with Crippen LogP contribution in [0.3, 0.4) is 0 Å². The Morgan fingerprint density at radius 3 is 2.30 bits per heavy atom. The number of anilines is 2. The fourth-order valence-corrected chi connectivity index (χ4v) is 2.82. The molecule has 0 spiro atoms. The Bertz CT molecular complexity index is 956. The molecule has 0 fully saturated rings. The molecular formula is C18H15F6N3. The Morgan fingerprint density at radius 2 is 1.67 bits per heavy atom. The predicted molar refractivity (Wildman–Crippen MR) is 90.8 cm³/mol. The van der Waals surface area contributed by atoms with Crippen LogP contribution < -0.4 is 10.6 Å². The summed E-state index contributed by atoms with van der Waals surface area (Å²) in [7, 11) is 1.79. The van der Waals surface area contributed by atoms with Gasteiger partial charge >= 0.3 is 12.4 Å². The van der Waals surface area contributed by atoms with Gasteiger partial charge in [0.15, 0.2) is 0 Å². The lowest BCUT2D eigenvalue weighted by molar-refractivity contribution is -0.142. The number of H-pyrrole nitrogens is 1. The van der Waals surface area contributed by atoms with E-state index in [0.29, 0.717) is 23.8 Å². The minimum absolute atomic E-state index is 0.112. The molecule has 0 saturated carbocycles. The van der Waals surface area contributed by atoms with Crippen LogP contribution >= 0.6 is 0 Å². The number of hydrogen-bond donors (Lipinski definition) is 3. The lowest BCUT2D eigenvalue weighted by Crippen LogP contribution is -2.13. The summed E-state index contributed by atoms with van der Waals surface area (Å²) >= 11 is 0.